The smallest absolute Gasteiger partial charge is 0.129 e. The first-order chi connectivity index (χ1) is 9.66. The summed E-state index contributed by atoms with van der Waals surface area (Å²) in [6.45, 7) is 4.36. The summed E-state index contributed by atoms with van der Waals surface area (Å²) in [5.74, 6) is -0.340. The molecule has 2 atom stereocenters. The number of benzene rings is 1. The summed E-state index contributed by atoms with van der Waals surface area (Å²) in [6.07, 6.45) is 1.29. The molecule has 0 amide bonds. The topological polar surface area (TPSA) is 28.4 Å². The van der Waals surface area contributed by atoms with Crippen molar-refractivity contribution >= 4 is 0 Å². The summed E-state index contributed by atoms with van der Waals surface area (Å²) >= 11 is 0. The molecule has 2 heterocycles. The molecule has 4 heteroatoms. The number of β-amino-alcohol motifs (C(OH)–C–C–N with tert-alkyl or cyclic N) is 1. The van der Waals surface area contributed by atoms with Crippen LogP contribution in [0.15, 0.2) is 42.6 Å². The van der Waals surface area contributed by atoms with Gasteiger partial charge in [-0.3, -0.25) is 4.90 Å². The molecule has 1 aliphatic heterocycles. The van der Waals surface area contributed by atoms with Crippen LogP contribution in [0, 0.1) is 5.82 Å². The summed E-state index contributed by atoms with van der Waals surface area (Å²) in [5.41, 5.74) is 1.62. The van der Waals surface area contributed by atoms with E-state index in [-0.39, 0.29) is 11.9 Å². The van der Waals surface area contributed by atoms with Gasteiger partial charge in [0, 0.05) is 43.1 Å². The van der Waals surface area contributed by atoms with Gasteiger partial charge in [0.15, 0.2) is 0 Å². The maximum absolute atomic E-state index is 13.7. The van der Waals surface area contributed by atoms with Crippen LogP contribution in [-0.4, -0.2) is 27.7 Å². The fraction of sp³-hybridized carbons (Fsp3) is 0.375. The van der Waals surface area contributed by atoms with Crippen molar-refractivity contribution in [3.63, 3.8) is 0 Å². The number of hydrogen-bond acceptors (Lipinski definition) is 2. The Bertz CT molecular complexity index is 596. The van der Waals surface area contributed by atoms with E-state index in [1.165, 1.54) is 11.8 Å². The highest BCUT2D eigenvalue weighted by atomic mass is 19.1. The van der Waals surface area contributed by atoms with Crippen LogP contribution in [0.5, 0.6) is 0 Å². The van der Waals surface area contributed by atoms with Gasteiger partial charge in [0.25, 0.3) is 0 Å². The van der Waals surface area contributed by atoms with Gasteiger partial charge < -0.3 is 9.67 Å². The Morgan fingerprint density at radius 3 is 2.85 bits per heavy atom. The molecule has 0 radical (unpaired) electrons. The van der Waals surface area contributed by atoms with Crippen LogP contribution < -0.4 is 0 Å². The molecular weight excluding hydrogens is 255 g/mol. The SMILES string of the molecule is C[C@@H]1c2cccn2CCN1C[C@@H](O)c1ccccc1F. The van der Waals surface area contributed by atoms with Gasteiger partial charge >= 0.3 is 0 Å². The van der Waals surface area contributed by atoms with Crippen LogP contribution in [0.3, 0.4) is 0 Å². The molecule has 1 aromatic heterocycles. The van der Waals surface area contributed by atoms with Gasteiger partial charge in [-0.1, -0.05) is 18.2 Å². The van der Waals surface area contributed by atoms with Crippen LogP contribution >= 0.6 is 0 Å². The molecule has 0 spiro atoms. The highest BCUT2D eigenvalue weighted by Crippen LogP contribution is 2.28. The van der Waals surface area contributed by atoms with Gasteiger partial charge in [0.1, 0.15) is 5.82 Å². The summed E-state index contributed by atoms with van der Waals surface area (Å²) in [5, 5.41) is 10.3. The number of aromatic nitrogens is 1. The Labute approximate surface area is 118 Å². The van der Waals surface area contributed by atoms with Crippen LogP contribution in [-0.2, 0) is 6.54 Å². The summed E-state index contributed by atoms with van der Waals surface area (Å²) in [7, 11) is 0. The number of aliphatic hydroxyl groups excluding tert-OH is 1. The molecule has 106 valence electrons. The van der Waals surface area contributed by atoms with E-state index in [1.807, 2.05) is 6.07 Å². The second kappa shape index (κ2) is 5.38. The first-order valence-electron chi connectivity index (χ1n) is 6.98. The largest absolute Gasteiger partial charge is 0.387 e. The minimum atomic E-state index is -0.792. The van der Waals surface area contributed by atoms with E-state index >= 15 is 0 Å². The Morgan fingerprint density at radius 2 is 2.05 bits per heavy atom. The molecule has 1 aromatic carbocycles. The molecule has 0 saturated carbocycles. The third kappa shape index (κ3) is 2.37. The fourth-order valence-electron chi connectivity index (χ4n) is 2.94. The molecular formula is C16H19FN2O. The van der Waals surface area contributed by atoms with Gasteiger partial charge in [0.05, 0.1) is 6.10 Å². The third-order valence-corrected chi connectivity index (χ3v) is 4.14. The molecule has 3 rings (SSSR count). The number of halogens is 1. The number of aliphatic hydroxyl groups is 1. The maximum atomic E-state index is 13.7. The molecule has 0 bridgehead atoms. The highest BCUT2D eigenvalue weighted by Gasteiger charge is 2.26. The molecule has 3 nitrogen and oxygen atoms in total. The molecule has 0 fully saturated rings. The number of hydrogen-bond donors (Lipinski definition) is 1. The second-order valence-electron chi connectivity index (χ2n) is 5.33. The lowest BCUT2D eigenvalue weighted by molar-refractivity contribution is 0.0740. The van der Waals surface area contributed by atoms with Gasteiger partial charge in [0.2, 0.25) is 0 Å². The molecule has 0 aliphatic carbocycles. The van der Waals surface area contributed by atoms with Gasteiger partial charge in [-0.15, -0.1) is 0 Å². The van der Waals surface area contributed by atoms with E-state index in [1.54, 1.807) is 18.2 Å². The van der Waals surface area contributed by atoms with Crippen molar-refractivity contribution in [2.45, 2.75) is 25.6 Å². The normalized spacial score (nSPS) is 20.6. The average Bonchev–Trinajstić information content (AvgIpc) is 2.91. The minimum Gasteiger partial charge on any atom is -0.387 e. The van der Waals surface area contributed by atoms with Gasteiger partial charge in [-0.2, -0.15) is 0 Å². The Hall–Kier alpha value is -1.65. The first kappa shape index (κ1) is 13.3. The fourth-order valence-corrected chi connectivity index (χ4v) is 2.94. The lowest BCUT2D eigenvalue weighted by Crippen LogP contribution is -2.39. The van der Waals surface area contributed by atoms with Gasteiger partial charge in [-0.05, 0) is 25.1 Å². The Balaban J connectivity index is 1.74. The number of rotatable bonds is 3. The van der Waals surface area contributed by atoms with Crippen molar-refractivity contribution in [1.29, 1.82) is 0 Å². The highest BCUT2D eigenvalue weighted by molar-refractivity contribution is 5.20. The van der Waals surface area contributed by atoms with E-state index in [4.69, 9.17) is 0 Å². The molecule has 0 unspecified atom stereocenters. The number of nitrogens with zero attached hydrogens (tertiary/aromatic N) is 2. The Morgan fingerprint density at radius 1 is 1.25 bits per heavy atom. The maximum Gasteiger partial charge on any atom is 0.129 e. The van der Waals surface area contributed by atoms with Crippen molar-refractivity contribution in [3.05, 3.63) is 59.7 Å². The van der Waals surface area contributed by atoms with E-state index < -0.39 is 6.10 Å². The van der Waals surface area contributed by atoms with E-state index in [0.717, 1.165) is 13.1 Å². The van der Waals surface area contributed by atoms with E-state index in [9.17, 15) is 9.50 Å². The molecule has 0 saturated heterocycles. The molecule has 1 N–H and O–H groups in total. The number of fused-ring (bicyclic) bond motifs is 1. The predicted molar refractivity (Wildman–Crippen MR) is 75.8 cm³/mol. The van der Waals surface area contributed by atoms with E-state index in [2.05, 4.69) is 28.7 Å². The van der Waals surface area contributed by atoms with Crippen molar-refractivity contribution in [1.82, 2.24) is 9.47 Å². The monoisotopic (exact) mass is 274 g/mol. The van der Waals surface area contributed by atoms with Crippen LogP contribution in [0.2, 0.25) is 0 Å². The quantitative estimate of drug-likeness (QED) is 0.932. The molecule has 1 aliphatic rings. The predicted octanol–water partition coefficient (Wildman–Crippen LogP) is 2.74. The van der Waals surface area contributed by atoms with E-state index in [0.29, 0.717) is 12.1 Å². The van der Waals surface area contributed by atoms with Crippen LogP contribution in [0.25, 0.3) is 0 Å². The molecule has 2 aromatic rings. The first-order valence-corrected chi connectivity index (χ1v) is 6.98. The zero-order valence-electron chi connectivity index (χ0n) is 11.5. The average molecular weight is 274 g/mol. The minimum absolute atomic E-state index is 0.236. The van der Waals surface area contributed by atoms with Gasteiger partial charge in [-0.25, -0.2) is 4.39 Å². The zero-order chi connectivity index (χ0) is 14.1. The summed E-state index contributed by atoms with van der Waals surface area (Å²) in [4.78, 5) is 2.20. The lowest BCUT2D eigenvalue weighted by atomic mass is 10.1. The van der Waals surface area contributed by atoms with Crippen LogP contribution in [0.4, 0.5) is 4.39 Å². The summed E-state index contributed by atoms with van der Waals surface area (Å²) in [6, 6.07) is 10.8. The zero-order valence-corrected chi connectivity index (χ0v) is 11.5. The Kier molecular flexibility index (Phi) is 3.59. The molecule has 20 heavy (non-hydrogen) atoms. The third-order valence-electron chi connectivity index (χ3n) is 4.14. The van der Waals surface area contributed by atoms with Crippen molar-refractivity contribution < 1.29 is 9.50 Å². The van der Waals surface area contributed by atoms with Crippen molar-refractivity contribution in [2.75, 3.05) is 13.1 Å². The standard InChI is InChI=1S/C16H19FN2O/c1-12-15-7-4-8-18(15)9-10-19(12)11-16(20)13-5-2-3-6-14(13)17/h2-8,12,16,20H,9-11H2,1H3/t12-,16-/m1/s1. The van der Waals surface area contributed by atoms with Crippen LogP contribution in [0.1, 0.15) is 30.3 Å². The second-order valence-corrected chi connectivity index (χ2v) is 5.33. The summed E-state index contributed by atoms with van der Waals surface area (Å²) < 4.78 is 15.9. The lowest BCUT2D eigenvalue weighted by Gasteiger charge is -2.36. The van der Waals surface area contributed by atoms with Crippen molar-refractivity contribution in [2.24, 2.45) is 0 Å². The van der Waals surface area contributed by atoms with Crippen molar-refractivity contribution in [3.8, 4) is 0 Å².